The number of aromatic hydroxyl groups is 1. The number of nitrogens with two attached hydrogens (primary N) is 1. The number of hydrogen-bond donors (Lipinski definition) is 2. The third kappa shape index (κ3) is 2.56. The molecule has 0 radical (unpaired) electrons. The lowest BCUT2D eigenvalue weighted by Gasteiger charge is -2.24. The summed E-state index contributed by atoms with van der Waals surface area (Å²) in [6.07, 6.45) is 0.745. The summed E-state index contributed by atoms with van der Waals surface area (Å²) in [7, 11) is 0. The molecule has 1 aliphatic heterocycles. The lowest BCUT2D eigenvalue weighted by atomic mass is 10.0. The average Bonchev–Trinajstić information content (AvgIpc) is 2.47. The Morgan fingerprint density at radius 3 is 2.85 bits per heavy atom. The second kappa shape index (κ2) is 5.43. The van der Waals surface area contributed by atoms with Crippen LogP contribution in [0.4, 0.5) is 0 Å². The molecule has 3 rings (SSSR count). The minimum atomic E-state index is -0.120. The van der Waals surface area contributed by atoms with Gasteiger partial charge in [-0.25, -0.2) is 0 Å². The summed E-state index contributed by atoms with van der Waals surface area (Å²) in [4.78, 5) is 0. The van der Waals surface area contributed by atoms with E-state index in [4.69, 9.17) is 15.2 Å². The van der Waals surface area contributed by atoms with E-state index in [9.17, 15) is 5.11 Å². The predicted octanol–water partition coefficient (Wildman–Crippen LogP) is 2.75. The Labute approximate surface area is 117 Å². The summed E-state index contributed by atoms with van der Waals surface area (Å²) in [6.45, 7) is 0.987. The second-order valence-electron chi connectivity index (χ2n) is 4.88. The molecule has 0 saturated heterocycles. The number of ether oxygens (including phenoxy) is 2. The van der Waals surface area contributed by atoms with Crippen LogP contribution in [0.15, 0.2) is 42.5 Å². The van der Waals surface area contributed by atoms with E-state index >= 15 is 0 Å². The zero-order valence-electron chi connectivity index (χ0n) is 11.1. The fourth-order valence-corrected chi connectivity index (χ4v) is 2.31. The Kier molecular flexibility index (Phi) is 3.48. The SMILES string of the molecule is N[C@@H]1CCOc2c(O)cc(OCc3ccccc3)cc21. The van der Waals surface area contributed by atoms with Crippen LogP contribution in [0.1, 0.15) is 23.6 Å². The number of phenolic OH excluding ortho intramolecular Hbond substituents is 1. The third-order valence-corrected chi connectivity index (χ3v) is 3.39. The molecule has 0 fully saturated rings. The maximum atomic E-state index is 9.99. The Morgan fingerprint density at radius 2 is 2.05 bits per heavy atom. The van der Waals surface area contributed by atoms with Gasteiger partial charge in [-0.15, -0.1) is 0 Å². The van der Waals surface area contributed by atoms with Gasteiger partial charge in [0.05, 0.1) is 6.61 Å². The molecule has 4 nitrogen and oxygen atoms in total. The molecule has 2 aromatic carbocycles. The molecule has 3 N–H and O–H groups in total. The van der Waals surface area contributed by atoms with E-state index in [1.165, 1.54) is 0 Å². The Balaban J connectivity index is 1.81. The van der Waals surface area contributed by atoms with Crippen molar-refractivity contribution in [2.24, 2.45) is 5.73 Å². The summed E-state index contributed by atoms with van der Waals surface area (Å²) in [6, 6.07) is 13.2. The van der Waals surface area contributed by atoms with Crippen molar-refractivity contribution in [3.05, 3.63) is 53.6 Å². The molecular formula is C16H17NO3. The van der Waals surface area contributed by atoms with Crippen LogP contribution in [0.5, 0.6) is 17.2 Å². The highest BCUT2D eigenvalue weighted by atomic mass is 16.5. The van der Waals surface area contributed by atoms with Crippen molar-refractivity contribution in [3.63, 3.8) is 0 Å². The van der Waals surface area contributed by atoms with Crippen LogP contribution in [0.25, 0.3) is 0 Å². The Hall–Kier alpha value is -2.20. The van der Waals surface area contributed by atoms with E-state index < -0.39 is 0 Å². The fourth-order valence-electron chi connectivity index (χ4n) is 2.31. The van der Waals surface area contributed by atoms with Crippen LogP contribution in [-0.2, 0) is 6.61 Å². The summed E-state index contributed by atoms with van der Waals surface area (Å²) in [5, 5.41) is 9.99. The molecule has 1 aliphatic rings. The lowest BCUT2D eigenvalue weighted by molar-refractivity contribution is 0.251. The maximum absolute atomic E-state index is 9.99. The van der Waals surface area contributed by atoms with Crippen molar-refractivity contribution in [1.29, 1.82) is 0 Å². The van der Waals surface area contributed by atoms with E-state index in [-0.39, 0.29) is 11.8 Å². The minimum absolute atomic E-state index is 0.0840. The number of phenols is 1. The van der Waals surface area contributed by atoms with Gasteiger partial charge < -0.3 is 20.3 Å². The fraction of sp³-hybridized carbons (Fsp3) is 0.250. The molecule has 4 heteroatoms. The highest BCUT2D eigenvalue weighted by Crippen LogP contribution is 2.41. The number of rotatable bonds is 3. The van der Waals surface area contributed by atoms with Crippen LogP contribution >= 0.6 is 0 Å². The van der Waals surface area contributed by atoms with Gasteiger partial charge in [0.15, 0.2) is 11.5 Å². The highest BCUT2D eigenvalue weighted by molar-refractivity contribution is 5.53. The van der Waals surface area contributed by atoms with Crippen molar-refractivity contribution < 1.29 is 14.6 Å². The summed E-state index contributed by atoms with van der Waals surface area (Å²) >= 11 is 0. The normalized spacial score (nSPS) is 17.1. The van der Waals surface area contributed by atoms with Crippen LogP contribution in [-0.4, -0.2) is 11.7 Å². The van der Waals surface area contributed by atoms with Crippen LogP contribution in [0, 0.1) is 0 Å². The minimum Gasteiger partial charge on any atom is -0.504 e. The molecule has 0 saturated carbocycles. The van der Waals surface area contributed by atoms with Gasteiger partial charge in [-0.1, -0.05) is 30.3 Å². The first-order valence-electron chi connectivity index (χ1n) is 6.66. The molecule has 1 heterocycles. The maximum Gasteiger partial charge on any atom is 0.165 e. The first-order valence-corrected chi connectivity index (χ1v) is 6.66. The molecule has 0 aromatic heterocycles. The molecule has 20 heavy (non-hydrogen) atoms. The van der Waals surface area contributed by atoms with Gasteiger partial charge in [-0.2, -0.15) is 0 Å². The third-order valence-electron chi connectivity index (χ3n) is 3.39. The summed E-state index contributed by atoms with van der Waals surface area (Å²) in [5.41, 5.74) is 7.92. The monoisotopic (exact) mass is 271 g/mol. The topological polar surface area (TPSA) is 64.7 Å². The zero-order chi connectivity index (χ0) is 13.9. The van der Waals surface area contributed by atoms with Gasteiger partial charge in [0.2, 0.25) is 0 Å². The molecule has 104 valence electrons. The van der Waals surface area contributed by atoms with E-state index in [1.54, 1.807) is 6.07 Å². The molecule has 0 amide bonds. The molecular weight excluding hydrogens is 254 g/mol. The molecule has 1 atom stereocenters. The predicted molar refractivity (Wildman–Crippen MR) is 75.9 cm³/mol. The summed E-state index contributed by atoms with van der Waals surface area (Å²) in [5.74, 6) is 1.17. The van der Waals surface area contributed by atoms with Crippen LogP contribution < -0.4 is 15.2 Å². The van der Waals surface area contributed by atoms with Crippen molar-refractivity contribution in [3.8, 4) is 17.2 Å². The Bertz CT molecular complexity index is 598. The van der Waals surface area contributed by atoms with E-state index in [0.717, 1.165) is 17.5 Å². The van der Waals surface area contributed by atoms with E-state index in [0.29, 0.717) is 24.7 Å². The van der Waals surface area contributed by atoms with Crippen molar-refractivity contribution >= 4 is 0 Å². The molecule has 2 aromatic rings. The molecule has 0 spiro atoms. The second-order valence-corrected chi connectivity index (χ2v) is 4.88. The van der Waals surface area contributed by atoms with Gasteiger partial charge in [-0.05, 0) is 11.6 Å². The first-order chi connectivity index (χ1) is 9.74. The zero-order valence-corrected chi connectivity index (χ0v) is 11.1. The molecule has 0 unspecified atom stereocenters. The Morgan fingerprint density at radius 1 is 1.25 bits per heavy atom. The lowest BCUT2D eigenvalue weighted by Crippen LogP contribution is -2.20. The largest absolute Gasteiger partial charge is 0.504 e. The standard InChI is InChI=1S/C16H17NO3/c17-14-6-7-19-16-13(14)8-12(9-15(16)18)20-10-11-4-2-1-3-5-11/h1-5,8-9,14,18H,6-7,10,17H2/t14-/m1/s1. The summed E-state index contributed by atoms with van der Waals surface area (Å²) < 4.78 is 11.2. The van der Waals surface area contributed by atoms with Crippen molar-refractivity contribution in [2.75, 3.05) is 6.61 Å². The molecule has 0 aliphatic carbocycles. The smallest absolute Gasteiger partial charge is 0.165 e. The van der Waals surface area contributed by atoms with Gasteiger partial charge in [0.1, 0.15) is 12.4 Å². The van der Waals surface area contributed by atoms with Gasteiger partial charge in [0.25, 0.3) is 0 Å². The van der Waals surface area contributed by atoms with Gasteiger partial charge in [-0.3, -0.25) is 0 Å². The van der Waals surface area contributed by atoms with E-state index in [2.05, 4.69) is 0 Å². The number of fused-ring (bicyclic) bond motifs is 1. The van der Waals surface area contributed by atoms with Crippen LogP contribution in [0.3, 0.4) is 0 Å². The molecule has 0 bridgehead atoms. The van der Waals surface area contributed by atoms with Gasteiger partial charge >= 0.3 is 0 Å². The van der Waals surface area contributed by atoms with E-state index in [1.807, 2.05) is 36.4 Å². The first kappa shape index (κ1) is 12.8. The highest BCUT2D eigenvalue weighted by Gasteiger charge is 2.22. The number of benzene rings is 2. The average molecular weight is 271 g/mol. The number of hydrogen-bond acceptors (Lipinski definition) is 4. The van der Waals surface area contributed by atoms with Crippen molar-refractivity contribution in [2.45, 2.75) is 19.1 Å². The van der Waals surface area contributed by atoms with Gasteiger partial charge in [0, 0.05) is 24.1 Å². The van der Waals surface area contributed by atoms with Crippen molar-refractivity contribution in [1.82, 2.24) is 0 Å². The quantitative estimate of drug-likeness (QED) is 0.901. The van der Waals surface area contributed by atoms with Crippen LogP contribution in [0.2, 0.25) is 0 Å².